The third-order valence-corrected chi connectivity index (χ3v) is 4.67. The van der Waals surface area contributed by atoms with Gasteiger partial charge in [-0.3, -0.25) is 14.9 Å². The van der Waals surface area contributed by atoms with E-state index in [9.17, 15) is 19.7 Å². The fourth-order valence-corrected chi connectivity index (χ4v) is 3.15. The molecule has 25 heavy (non-hydrogen) atoms. The Morgan fingerprint density at radius 1 is 1.24 bits per heavy atom. The quantitative estimate of drug-likeness (QED) is 0.379. The first-order valence-electron chi connectivity index (χ1n) is 7.25. The van der Waals surface area contributed by atoms with E-state index in [1.807, 2.05) is 6.92 Å². The van der Waals surface area contributed by atoms with Crippen molar-refractivity contribution in [3.63, 3.8) is 0 Å². The summed E-state index contributed by atoms with van der Waals surface area (Å²) in [5.41, 5.74) is 1.75. The topological polar surface area (TPSA) is 98.5 Å². The Morgan fingerprint density at radius 2 is 1.88 bits per heavy atom. The highest BCUT2D eigenvalue weighted by molar-refractivity contribution is 7.16. The first kappa shape index (κ1) is 18.3. The van der Waals surface area contributed by atoms with E-state index in [1.165, 1.54) is 42.7 Å². The standard InChI is InChI=1S/C17H16N2O5S/c1-10-11(2)25-16(15(10)17(21)24-3)18-14(20)9-6-12-4-7-13(8-5-12)19(22)23/h4-9H,1-3H3,(H,18,20). The van der Waals surface area contributed by atoms with E-state index in [2.05, 4.69) is 5.32 Å². The molecule has 0 spiro atoms. The van der Waals surface area contributed by atoms with E-state index >= 15 is 0 Å². The Hall–Kier alpha value is -3.00. The second-order valence-electron chi connectivity index (χ2n) is 5.15. The zero-order chi connectivity index (χ0) is 18.6. The van der Waals surface area contributed by atoms with Crippen molar-refractivity contribution in [3.8, 4) is 0 Å². The molecule has 1 N–H and O–H groups in total. The lowest BCUT2D eigenvalue weighted by atomic mass is 10.1. The van der Waals surface area contributed by atoms with Gasteiger partial charge in [0.15, 0.2) is 0 Å². The lowest BCUT2D eigenvalue weighted by Gasteiger charge is -2.04. The molecule has 1 aromatic heterocycles. The highest BCUT2D eigenvalue weighted by Gasteiger charge is 2.20. The molecular formula is C17H16N2O5S. The van der Waals surface area contributed by atoms with Crippen molar-refractivity contribution in [2.24, 2.45) is 0 Å². The Kier molecular flexibility index (Phi) is 5.66. The van der Waals surface area contributed by atoms with Crippen molar-refractivity contribution >= 4 is 40.0 Å². The Bertz CT molecular complexity index is 853. The summed E-state index contributed by atoms with van der Waals surface area (Å²) in [5, 5.41) is 13.7. The third kappa shape index (κ3) is 4.30. The minimum absolute atomic E-state index is 0.0196. The van der Waals surface area contributed by atoms with Crippen LogP contribution in [0.4, 0.5) is 10.7 Å². The molecule has 2 aromatic rings. The minimum atomic E-state index is -0.503. The Balaban J connectivity index is 2.14. The van der Waals surface area contributed by atoms with E-state index in [0.717, 1.165) is 10.4 Å². The number of benzene rings is 1. The third-order valence-electron chi connectivity index (χ3n) is 3.54. The largest absolute Gasteiger partial charge is 0.465 e. The second-order valence-corrected chi connectivity index (χ2v) is 6.37. The number of hydrogen-bond acceptors (Lipinski definition) is 6. The monoisotopic (exact) mass is 360 g/mol. The molecule has 2 rings (SSSR count). The molecule has 8 heteroatoms. The summed E-state index contributed by atoms with van der Waals surface area (Å²) in [6.07, 6.45) is 2.83. The summed E-state index contributed by atoms with van der Waals surface area (Å²) in [6, 6.07) is 5.81. The van der Waals surface area contributed by atoms with Gasteiger partial charge < -0.3 is 10.1 Å². The predicted molar refractivity (Wildman–Crippen MR) is 95.9 cm³/mol. The lowest BCUT2D eigenvalue weighted by Crippen LogP contribution is -2.11. The van der Waals surface area contributed by atoms with Gasteiger partial charge in [-0.25, -0.2) is 4.79 Å². The number of hydrogen-bond donors (Lipinski definition) is 1. The van der Waals surface area contributed by atoms with Gasteiger partial charge in [0.25, 0.3) is 5.69 Å². The lowest BCUT2D eigenvalue weighted by molar-refractivity contribution is -0.384. The van der Waals surface area contributed by atoms with Crippen molar-refractivity contribution in [1.82, 2.24) is 0 Å². The SMILES string of the molecule is COC(=O)c1c(NC(=O)C=Cc2ccc([N+](=O)[O-])cc2)sc(C)c1C. The van der Waals surface area contributed by atoms with Crippen molar-refractivity contribution in [2.75, 3.05) is 12.4 Å². The van der Waals surface area contributed by atoms with Crippen LogP contribution in [0.5, 0.6) is 0 Å². The summed E-state index contributed by atoms with van der Waals surface area (Å²) >= 11 is 1.30. The van der Waals surface area contributed by atoms with Crippen LogP contribution in [0.1, 0.15) is 26.4 Å². The normalized spacial score (nSPS) is 10.7. The van der Waals surface area contributed by atoms with Crippen LogP contribution >= 0.6 is 11.3 Å². The maximum absolute atomic E-state index is 12.1. The number of methoxy groups -OCH3 is 1. The number of esters is 1. The maximum atomic E-state index is 12.1. The van der Waals surface area contributed by atoms with Crippen LogP contribution in [-0.4, -0.2) is 23.9 Å². The molecule has 7 nitrogen and oxygen atoms in total. The molecule has 1 aromatic carbocycles. The molecule has 0 aliphatic rings. The van der Waals surface area contributed by atoms with Gasteiger partial charge in [-0.15, -0.1) is 11.3 Å². The van der Waals surface area contributed by atoms with Gasteiger partial charge in [0.1, 0.15) is 5.00 Å². The molecule has 0 atom stereocenters. The summed E-state index contributed by atoms with van der Waals surface area (Å²) in [7, 11) is 1.29. The number of amides is 1. The second kappa shape index (κ2) is 7.71. The number of nitrogens with one attached hydrogen (secondary N) is 1. The van der Waals surface area contributed by atoms with Crippen molar-refractivity contribution < 1.29 is 19.2 Å². The number of non-ortho nitro benzene ring substituents is 1. The number of nitrogens with zero attached hydrogens (tertiary/aromatic N) is 1. The van der Waals surface area contributed by atoms with E-state index in [-0.39, 0.29) is 5.69 Å². The number of thiophene rings is 1. The Morgan fingerprint density at radius 3 is 2.44 bits per heavy atom. The van der Waals surface area contributed by atoms with Gasteiger partial charge in [0.2, 0.25) is 5.91 Å². The maximum Gasteiger partial charge on any atom is 0.341 e. The molecule has 0 saturated carbocycles. The van der Waals surface area contributed by atoms with E-state index in [4.69, 9.17) is 4.74 Å². The van der Waals surface area contributed by atoms with Gasteiger partial charge in [0.05, 0.1) is 17.6 Å². The van der Waals surface area contributed by atoms with E-state index < -0.39 is 16.8 Å². The molecule has 1 heterocycles. The molecule has 0 saturated heterocycles. The molecule has 0 aliphatic heterocycles. The van der Waals surface area contributed by atoms with Crippen LogP contribution in [0.2, 0.25) is 0 Å². The molecule has 0 aliphatic carbocycles. The van der Waals surface area contributed by atoms with Gasteiger partial charge >= 0.3 is 5.97 Å². The zero-order valence-corrected chi connectivity index (χ0v) is 14.7. The fourth-order valence-electron chi connectivity index (χ4n) is 2.10. The van der Waals surface area contributed by atoms with Gasteiger partial charge in [-0.2, -0.15) is 0 Å². The fraction of sp³-hybridized carbons (Fsp3) is 0.176. The first-order valence-corrected chi connectivity index (χ1v) is 8.07. The molecule has 1 amide bonds. The highest BCUT2D eigenvalue weighted by atomic mass is 32.1. The molecule has 0 radical (unpaired) electrons. The molecular weight excluding hydrogens is 344 g/mol. The highest BCUT2D eigenvalue weighted by Crippen LogP contribution is 2.32. The zero-order valence-electron chi connectivity index (χ0n) is 13.9. The summed E-state index contributed by atoms with van der Waals surface area (Å²) in [5.74, 6) is -0.916. The van der Waals surface area contributed by atoms with Crippen LogP contribution in [0.15, 0.2) is 30.3 Å². The smallest absolute Gasteiger partial charge is 0.341 e. The van der Waals surface area contributed by atoms with Gasteiger partial charge in [0, 0.05) is 23.1 Å². The van der Waals surface area contributed by atoms with Crippen LogP contribution in [0, 0.1) is 24.0 Å². The van der Waals surface area contributed by atoms with Crippen LogP contribution in [0.3, 0.4) is 0 Å². The van der Waals surface area contributed by atoms with E-state index in [1.54, 1.807) is 19.1 Å². The van der Waals surface area contributed by atoms with Crippen LogP contribution in [0.25, 0.3) is 6.08 Å². The summed E-state index contributed by atoms with van der Waals surface area (Å²) < 4.78 is 4.76. The number of carbonyl (C=O) groups is 2. The number of ether oxygens (including phenoxy) is 1. The van der Waals surface area contributed by atoms with E-state index in [0.29, 0.717) is 16.1 Å². The number of carbonyl (C=O) groups excluding carboxylic acids is 2. The summed E-state index contributed by atoms with van der Waals surface area (Å²) in [6.45, 7) is 3.65. The average Bonchev–Trinajstić information content (AvgIpc) is 2.86. The molecule has 0 unspecified atom stereocenters. The van der Waals surface area contributed by atoms with Crippen molar-refractivity contribution in [2.45, 2.75) is 13.8 Å². The predicted octanol–water partition coefficient (Wildman–Crippen LogP) is 3.71. The van der Waals surface area contributed by atoms with Crippen LogP contribution in [-0.2, 0) is 9.53 Å². The number of anilines is 1. The molecule has 130 valence electrons. The Labute approximate surface area is 148 Å². The summed E-state index contributed by atoms with van der Waals surface area (Å²) in [4.78, 5) is 35.0. The van der Waals surface area contributed by atoms with Gasteiger partial charge in [-0.1, -0.05) is 0 Å². The molecule has 0 fully saturated rings. The van der Waals surface area contributed by atoms with Gasteiger partial charge in [-0.05, 0) is 43.2 Å². The van der Waals surface area contributed by atoms with Crippen molar-refractivity contribution in [3.05, 3.63) is 62.0 Å². The number of nitro groups is 1. The van der Waals surface area contributed by atoms with Crippen LogP contribution < -0.4 is 5.32 Å². The first-order chi connectivity index (χ1) is 11.8. The minimum Gasteiger partial charge on any atom is -0.465 e. The number of nitro benzene ring substituents is 1. The van der Waals surface area contributed by atoms with Crippen molar-refractivity contribution in [1.29, 1.82) is 0 Å². The number of aryl methyl sites for hydroxylation is 1. The average molecular weight is 360 g/mol. The molecule has 0 bridgehead atoms. The number of rotatable bonds is 5.